The highest BCUT2D eigenvalue weighted by atomic mass is 32.1. The monoisotopic (exact) mass is 742 g/mol. The standard InChI is InChI=1S/C52H47BN2S/c1-7-36-23-25-38(26-24-36)54-45-29-28-44-49(39-17-11-13-19-43(39)52(44,5)6)40(45)27-21-34(3)32-47-35(4)53-51-50(41-18-12-14-20-48(41)56-51)55(47)46-30-22-33(2)31-42(46)37-15-9-8-10-16-37/h8-26,28-32,53-54H,4,7,27H2,1-3,5-6H3/b34-21-,47-32+. The summed E-state index contributed by atoms with van der Waals surface area (Å²) in [6.07, 6.45) is 6.62. The molecule has 2 heterocycles. The van der Waals surface area contributed by atoms with Crippen molar-refractivity contribution in [2.24, 2.45) is 0 Å². The third-order valence-electron chi connectivity index (χ3n) is 11.8. The molecule has 0 saturated carbocycles. The zero-order valence-corrected chi connectivity index (χ0v) is 33.9. The summed E-state index contributed by atoms with van der Waals surface area (Å²) in [4.78, 5) is 2.51. The number of hydrogen-bond acceptors (Lipinski definition) is 3. The number of anilines is 4. The molecule has 0 spiro atoms. The van der Waals surface area contributed by atoms with Crippen LogP contribution in [0.5, 0.6) is 0 Å². The van der Waals surface area contributed by atoms with Gasteiger partial charge in [0.25, 0.3) is 0 Å². The van der Waals surface area contributed by atoms with E-state index >= 15 is 0 Å². The predicted octanol–water partition coefficient (Wildman–Crippen LogP) is 13.3. The van der Waals surface area contributed by atoms with Crippen LogP contribution in [0.15, 0.2) is 169 Å². The van der Waals surface area contributed by atoms with Gasteiger partial charge in [-0.15, -0.1) is 17.9 Å². The third kappa shape index (κ3) is 6.23. The van der Waals surface area contributed by atoms with E-state index in [2.05, 4.69) is 190 Å². The van der Waals surface area contributed by atoms with E-state index in [1.54, 1.807) is 0 Å². The minimum absolute atomic E-state index is 0.0748. The van der Waals surface area contributed by atoms with Crippen molar-refractivity contribution in [3.8, 4) is 22.3 Å². The molecular weight excluding hydrogens is 695 g/mol. The maximum absolute atomic E-state index is 4.75. The van der Waals surface area contributed by atoms with Crippen molar-refractivity contribution in [1.82, 2.24) is 0 Å². The molecule has 1 aromatic heterocycles. The number of thiophene rings is 1. The van der Waals surface area contributed by atoms with Crippen LogP contribution in [0.2, 0.25) is 0 Å². The minimum Gasteiger partial charge on any atom is -0.355 e. The van der Waals surface area contributed by atoms with Gasteiger partial charge in [-0.25, -0.2) is 0 Å². The molecule has 4 heteroatoms. The first-order valence-electron chi connectivity index (χ1n) is 19.9. The first-order valence-corrected chi connectivity index (χ1v) is 20.7. The minimum atomic E-state index is -0.0748. The molecule has 0 atom stereocenters. The molecule has 0 radical (unpaired) electrons. The Hall–Kier alpha value is -5.84. The van der Waals surface area contributed by atoms with Crippen molar-refractivity contribution in [3.63, 3.8) is 0 Å². The summed E-state index contributed by atoms with van der Waals surface area (Å²) in [7, 11) is 0.833. The zero-order valence-electron chi connectivity index (χ0n) is 33.0. The summed E-state index contributed by atoms with van der Waals surface area (Å²) in [5.74, 6) is 0. The van der Waals surface area contributed by atoms with E-state index < -0.39 is 0 Å². The SMILES string of the molecule is C=C1Bc2sc3ccccc3c2N(c2ccc(C)cc2-c2ccccc2)/C1=C/C(C)=C\Cc1c(Nc2ccc(CC)cc2)ccc2c1-c1ccccc1C2(C)C. The number of aryl methyl sites for hydroxylation is 2. The largest absolute Gasteiger partial charge is 0.355 e. The molecule has 7 aromatic rings. The summed E-state index contributed by atoms with van der Waals surface area (Å²) in [5, 5.41) is 5.13. The van der Waals surface area contributed by atoms with E-state index in [-0.39, 0.29) is 5.41 Å². The molecule has 1 N–H and O–H groups in total. The number of hydrogen-bond donors (Lipinski definition) is 1. The maximum Gasteiger partial charge on any atom is 0.210 e. The van der Waals surface area contributed by atoms with Gasteiger partial charge in [0.15, 0.2) is 0 Å². The van der Waals surface area contributed by atoms with E-state index in [1.807, 2.05) is 11.3 Å². The smallest absolute Gasteiger partial charge is 0.210 e. The zero-order chi connectivity index (χ0) is 38.6. The summed E-state index contributed by atoms with van der Waals surface area (Å²) >= 11 is 1.89. The highest BCUT2D eigenvalue weighted by molar-refractivity contribution is 7.29. The van der Waals surface area contributed by atoms with Gasteiger partial charge in [0.1, 0.15) is 0 Å². The lowest BCUT2D eigenvalue weighted by Crippen LogP contribution is -2.33. The third-order valence-corrected chi connectivity index (χ3v) is 13.0. The van der Waals surface area contributed by atoms with Gasteiger partial charge in [-0.2, -0.15) is 0 Å². The Morgan fingerprint density at radius 2 is 1.57 bits per heavy atom. The van der Waals surface area contributed by atoms with Crippen LogP contribution < -0.4 is 15.0 Å². The molecule has 0 saturated heterocycles. The van der Waals surface area contributed by atoms with Crippen molar-refractivity contribution < 1.29 is 0 Å². The molecule has 6 aromatic carbocycles. The van der Waals surface area contributed by atoms with Crippen molar-refractivity contribution in [3.05, 3.63) is 197 Å². The van der Waals surface area contributed by atoms with Crippen LogP contribution in [-0.2, 0) is 18.3 Å². The lowest BCUT2D eigenvalue weighted by molar-refractivity contribution is 0.660. The predicted molar refractivity (Wildman–Crippen MR) is 245 cm³/mol. The summed E-state index contributed by atoms with van der Waals surface area (Å²) in [6, 6.07) is 49.0. The van der Waals surface area contributed by atoms with Crippen LogP contribution in [0.3, 0.4) is 0 Å². The molecular formula is C52H47BN2S. The van der Waals surface area contributed by atoms with Gasteiger partial charge in [-0.3, -0.25) is 0 Å². The average molecular weight is 743 g/mol. The molecule has 274 valence electrons. The molecule has 0 bridgehead atoms. The number of allylic oxidation sites excluding steroid dienone is 4. The van der Waals surface area contributed by atoms with Crippen LogP contribution in [-0.4, -0.2) is 7.28 Å². The molecule has 1 aliphatic heterocycles. The van der Waals surface area contributed by atoms with Gasteiger partial charge >= 0.3 is 0 Å². The highest BCUT2D eigenvalue weighted by Crippen LogP contribution is 2.52. The van der Waals surface area contributed by atoms with Gasteiger partial charge in [-0.05, 0) is 113 Å². The van der Waals surface area contributed by atoms with E-state index in [9.17, 15) is 0 Å². The fourth-order valence-electron chi connectivity index (χ4n) is 8.83. The van der Waals surface area contributed by atoms with Gasteiger partial charge in [0, 0.05) is 38.1 Å². The average Bonchev–Trinajstić information content (AvgIpc) is 3.69. The number of fused-ring (bicyclic) bond motifs is 6. The van der Waals surface area contributed by atoms with Crippen LogP contribution in [0.1, 0.15) is 55.5 Å². The second kappa shape index (κ2) is 14.3. The van der Waals surface area contributed by atoms with E-state index in [1.165, 1.54) is 81.9 Å². The van der Waals surface area contributed by atoms with Crippen molar-refractivity contribution in [1.29, 1.82) is 0 Å². The van der Waals surface area contributed by atoms with E-state index in [0.717, 1.165) is 42.7 Å². The molecule has 0 amide bonds. The first-order chi connectivity index (χ1) is 27.2. The number of nitrogens with one attached hydrogen (secondary N) is 1. The lowest BCUT2D eigenvalue weighted by Gasteiger charge is -2.35. The second-order valence-corrected chi connectivity index (χ2v) is 17.1. The molecule has 0 fully saturated rings. The number of rotatable bonds is 8. The fourth-order valence-corrected chi connectivity index (χ4v) is 10.1. The second-order valence-electron chi connectivity index (χ2n) is 15.9. The highest BCUT2D eigenvalue weighted by Gasteiger charge is 2.37. The van der Waals surface area contributed by atoms with Crippen molar-refractivity contribution in [2.45, 2.75) is 52.9 Å². The van der Waals surface area contributed by atoms with Crippen LogP contribution in [0.25, 0.3) is 32.3 Å². The van der Waals surface area contributed by atoms with Crippen LogP contribution in [0, 0.1) is 6.92 Å². The molecule has 56 heavy (non-hydrogen) atoms. The number of nitrogens with zero attached hydrogens (tertiary/aromatic N) is 1. The first kappa shape index (κ1) is 35.8. The Bertz CT molecular complexity index is 2710. The topological polar surface area (TPSA) is 15.3 Å². The van der Waals surface area contributed by atoms with E-state index in [4.69, 9.17) is 6.58 Å². The van der Waals surface area contributed by atoms with Gasteiger partial charge in [0.2, 0.25) is 7.28 Å². The Morgan fingerprint density at radius 3 is 2.38 bits per heavy atom. The van der Waals surface area contributed by atoms with Crippen molar-refractivity contribution >= 4 is 56.2 Å². The Morgan fingerprint density at radius 1 is 0.821 bits per heavy atom. The summed E-state index contributed by atoms with van der Waals surface area (Å²) in [6.45, 7) is 16.1. The molecule has 0 unspecified atom stereocenters. The van der Waals surface area contributed by atoms with Crippen LogP contribution in [0.4, 0.5) is 22.7 Å². The molecule has 9 rings (SSSR count). The lowest BCUT2D eigenvalue weighted by atomic mass is 9.63. The van der Waals surface area contributed by atoms with E-state index in [0.29, 0.717) is 0 Å². The Labute approximate surface area is 336 Å². The molecule has 1 aliphatic carbocycles. The van der Waals surface area contributed by atoms with Gasteiger partial charge in [0.05, 0.1) is 11.4 Å². The normalized spacial score (nSPS) is 15.1. The molecule has 2 aliphatic rings. The summed E-state index contributed by atoms with van der Waals surface area (Å²) in [5.41, 5.74) is 20.0. The molecule has 2 nitrogen and oxygen atoms in total. The maximum atomic E-state index is 4.75. The van der Waals surface area contributed by atoms with Gasteiger partial charge < -0.3 is 10.2 Å². The Balaban J connectivity index is 1.18. The van der Waals surface area contributed by atoms with Crippen LogP contribution >= 0.6 is 11.3 Å². The van der Waals surface area contributed by atoms with Gasteiger partial charge in [-0.1, -0.05) is 141 Å². The van der Waals surface area contributed by atoms with Crippen molar-refractivity contribution in [2.75, 3.05) is 10.2 Å². The quantitative estimate of drug-likeness (QED) is 0.156. The number of benzene rings is 6. The fraction of sp³-hybridized carbons (Fsp3) is 0.154. The summed E-state index contributed by atoms with van der Waals surface area (Å²) < 4.78 is 2.67. The Kier molecular flexibility index (Phi) is 9.18.